The number of hydrogen-bond donors (Lipinski definition) is 0. The van der Waals surface area contributed by atoms with Crippen molar-refractivity contribution in [2.45, 2.75) is 39.3 Å². The molecule has 1 aliphatic heterocycles. The first-order chi connectivity index (χ1) is 13.7. The maximum Gasteiger partial charge on any atom is 0.410 e. The van der Waals surface area contributed by atoms with E-state index in [9.17, 15) is 4.79 Å². The van der Waals surface area contributed by atoms with Gasteiger partial charge in [0.1, 0.15) is 11.1 Å². The number of carbonyl (C=O) groups excluding carboxylic acids is 1. The molecule has 154 valence electrons. The second-order valence-electron chi connectivity index (χ2n) is 8.13. The lowest BCUT2D eigenvalue weighted by Gasteiger charge is -2.39. The molecule has 1 atom stereocenters. The SMILES string of the molecule is CC1CN(C(=O)OC(C)(C)C)CCN1c1nc2cc(Cl)cc(-c3cncs3)c2o1. The van der Waals surface area contributed by atoms with E-state index in [-0.39, 0.29) is 12.1 Å². The summed E-state index contributed by atoms with van der Waals surface area (Å²) in [5.74, 6) is 0. The number of carbonyl (C=O) groups is 1. The topological polar surface area (TPSA) is 71.7 Å². The molecule has 0 aliphatic carbocycles. The average molecular weight is 435 g/mol. The standard InChI is InChI=1S/C20H23ClN4O3S/c1-12-10-24(19(26)28-20(2,3)4)5-6-25(12)18-23-15-8-13(21)7-14(17(15)27-18)16-9-22-11-29-16/h7-9,11-12H,5-6,10H2,1-4H3. The Hall–Kier alpha value is -2.32. The Balaban J connectivity index is 1.58. The van der Waals surface area contributed by atoms with E-state index < -0.39 is 5.60 Å². The zero-order valence-electron chi connectivity index (χ0n) is 16.8. The molecular formula is C20H23ClN4O3S. The van der Waals surface area contributed by atoms with Crippen molar-refractivity contribution in [3.63, 3.8) is 0 Å². The van der Waals surface area contributed by atoms with Gasteiger partial charge in [-0.1, -0.05) is 11.6 Å². The molecule has 0 saturated carbocycles. The van der Waals surface area contributed by atoms with Crippen molar-refractivity contribution in [1.29, 1.82) is 0 Å². The maximum atomic E-state index is 12.4. The number of fused-ring (bicyclic) bond motifs is 1. The normalized spacial score (nSPS) is 17.8. The van der Waals surface area contributed by atoms with Crippen LogP contribution in [-0.2, 0) is 4.74 Å². The minimum Gasteiger partial charge on any atom is -0.444 e. The predicted molar refractivity (Wildman–Crippen MR) is 115 cm³/mol. The van der Waals surface area contributed by atoms with Crippen molar-refractivity contribution in [3.8, 4) is 10.4 Å². The highest BCUT2D eigenvalue weighted by Gasteiger charge is 2.32. The average Bonchev–Trinajstić information content (AvgIpc) is 3.29. The van der Waals surface area contributed by atoms with Crippen molar-refractivity contribution in [3.05, 3.63) is 28.9 Å². The molecule has 3 heterocycles. The van der Waals surface area contributed by atoms with Gasteiger partial charge in [-0.05, 0) is 39.8 Å². The Bertz CT molecular complexity index is 1030. The Morgan fingerprint density at radius 3 is 2.79 bits per heavy atom. The Kier molecular flexibility index (Phi) is 5.16. The van der Waals surface area contributed by atoms with E-state index in [1.165, 1.54) is 11.3 Å². The molecule has 0 spiro atoms. The zero-order chi connectivity index (χ0) is 20.8. The first-order valence-electron chi connectivity index (χ1n) is 9.45. The fourth-order valence-electron chi connectivity index (χ4n) is 3.38. The summed E-state index contributed by atoms with van der Waals surface area (Å²) in [5, 5.41) is 0.601. The number of aromatic nitrogens is 2. The van der Waals surface area contributed by atoms with Crippen LogP contribution in [0.5, 0.6) is 0 Å². The van der Waals surface area contributed by atoms with Crippen LogP contribution < -0.4 is 4.90 Å². The van der Waals surface area contributed by atoms with E-state index in [4.69, 9.17) is 20.8 Å². The van der Waals surface area contributed by atoms with E-state index in [1.807, 2.05) is 33.8 Å². The minimum absolute atomic E-state index is 0.0339. The Labute approximate surface area is 178 Å². The van der Waals surface area contributed by atoms with Gasteiger partial charge in [-0.2, -0.15) is 4.98 Å². The molecule has 0 N–H and O–H groups in total. The van der Waals surface area contributed by atoms with Crippen LogP contribution in [0, 0.1) is 0 Å². The first kappa shape index (κ1) is 20.0. The molecule has 1 amide bonds. The van der Waals surface area contributed by atoms with Gasteiger partial charge in [-0.15, -0.1) is 11.3 Å². The lowest BCUT2D eigenvalue weighted by Crippen LogP contribution is -2.54. The van der Waals surface area contributed by atoms with Crippen molar-refractivity contribution in [1.82, 2.24) is 14.9 Å². The summed E-state index contributed by atoms with van der Waals surface area (Å²) in [6, 6.07) is 4.24. The molecule has 1 unspecified atom stereocenters. The first-order valence-corrected chi connectivity index (χ1v) is 10.7. The van der Waals surface area contributed by atoms with Crippen molar-refractivity contribution in [2.24, 2.45) is 0 Å². The molecule has 3 aromatic rings. The predicted octanol–water partition coefficient (Wildman–Crippen LogP) is 5.05. The summed E-state index contributed by atoms with van der Waals surface area (Å²) in [4.78, 5) is 26.0. The van der Waals surface area contributed by atoms with Crippen LogP contribution in [0.1, 0.15) is 27.7 Å². The smallest absolute Gasteiger partial charge is 0.410 e. The number of piperazine rings is 1. The summed E-state index contributed by atoms with van der Waals surface area (Å²) in [6.07, 6.45) is 1.50. The van der Waals surface area contributed by atoms with E-state index in [1.54, 1.807) is 22.7 Å². The summed E-state index contributed by atoms with van der Waals surface area (Å²) in [6.45, 7) is 9.34. The fourth-order valence-corrected chi connectivity index (χ4v) is 4.22. The molecule has 9 heteroatoms. The number of oxazole rings is 1. The number of thiazole rings is 1. The lowest BCUT2D eigenvalue weighted by atomic mass is 10.2. The number of benzene rings is 1. The molecule has 0 bridgehead atoms. The van der Waals surface area contributed by atoms with Crippen LogP contribution in [0.3, 0.4) is 0 Å². The quantitative estimate of drug-likeness (QED) is 0.562. The van der Waals surface area contributed by atoms with Gasteiger partial charge in [0.05, 0.1) is 10.4 Å². The van der Waals surface area contributed by atoms with E-state index in [2.05, 4.69) is 14.9 Å². The monoisotopic (exact) mass is 434 g/mol. The molecular weight excluding hydrogens is 412 g/mol. The minimum atomic E-state index is -0.510. The molecule has 4 rings (SSSR count). The highest BCUT2D eigenvalue weighted by Crippen LogP contribution is 2.36. The molecule has 1 aromatic carbocycles. The van der Waals surface area contributed by atoms with Crippen LogP contribution in [0.4, 0.5) is 10.8 Å². The Morgan fingerprint density at radius 1 is 1.34 bits per heavy atom. The highest BCUT2D eigenvalue weighted by molar-refractivity contribution is 7.13. The van der Waals surface area contributed by atoms with Gasteiger partial charge in [-0.25, -0.2) is 4.79 Å². The highest BCUT2D eigenvalue weighted by atomic mass is 35.5. The lowest BCUT2D eigenvalue weighted by molar-refractivity contribution is 0.0216. The largest absolute Gasteiger partial charge is 0.444 e. The molecule has 0 radical (unpaired) electrons. The van der Waals surface area contributed by atoms with Gasteiger partial charge in [0.15, 0.2) is 5.58 Å². The Morgan fingerprint density at radius 2 is 2.14 bits per heavy atom. The molecule has 1 saturated heterocycles. The number of ether oxygens (including phenoxy) is 1. The second kappa shape index (κ2) is 7.50. The van der Waals surface area contributed by atoms with E-state index in [0.29, 0.717) is 41.8 Å². The molecule has 1 fully saturated rings. The third kappa shape index (κ3) is 4.18. The summed E-state index contributed by atoms with van der Waals surface area (Å²) in [5.41, 5.74) is 3.54. The molecule has 7 nitrogen and oxygen atoms in total. The van der Waals surface area contributed by atoms with Crippen molar-refractivity contribution >= 4 is 46.1 Å². The number of hydrogen-bond acceptors (Lipinski definition) is 7. The van der Waals surface area contributed by atoms with Gasteiger partial charge in [-0.3, -0.25) is 4.98 Å². The van der Waals surface area contributed by atoms with Crippen molar-refractivity contribution < 1.29 is 13.9 Å². The van der Waals surface area contributed by atoms with Gasteiger partial charge < -0.3 is 19.0 Å². The van der Waals surface area contributed by atoms with Crippen LogP contribution >= 0.6 is 22.9 Å². The van der Waals surface area contributed by atoms with Gasteiger partial charge in [0, 0.05) is 42.5 Å². The van der Waals surface area contributed by atoms with Gasteiger partial charge in [0.25, 0.3) is 6.01 Å². The summed E-state index contributed by atoms with van der Waals surface area (Å²) < 4.78 is 11.7. The third-order valence-corrected chi connectivity index (χ3v) is 5.69. The van der Waals surface area contributed by atoms with Crippen LogP contribution in [0.25, 0.3) is 21.5 Å². The molecule has 29 heavy (non-hydrogen) atoms. The third-order valence-electron chi connectivity index (χ3n) is 4.67. The zero-order valence-corrected chi connectivity index (χ0v) is 18.4. The fraction of sp³-hybridized carbons (Fsp3) is 0.450. The number of halogens is 1. The summed E-state index contributed by atoms with van der Waals surface area (Å²) in [7, 11) is 0. The molecule has 2 aromatic heterocycles. The van der Waals surface area contributed by atoms with Crippen LogP contribution in [0.15, 0.2) is 28.3 Å². The molecule has 1 aliphatic rings. The maximum absolute atomic E-state index is 12.4. The van der Waals surface area contributed by atoms with Gasteiger partial charge in [0.2, 0.25) is 0 Å². The van der Waals surface area contributed by atoms with Crippen molar-refractivity contribution in [2.75, 3.05) is 24.5 Å². The van der Waals surface area contributed by atoms with E-state index in [0.717, 1.165) is 10.4 Å². The number of amides is 1. The van der Waals surface area contributed by atoms with Gasteiger partial charge >= 0.3 is 6.09 Å². The number of anilines is 1. The van der Waals surface area contributed by atoms with Crippen LogP contribution in [0.2, 0.25) is 5.02 Å². The second-order valence-corrected chi connectivity index (χ2v) is 9.46. The number of rotatable bonds is 2. The van der Waals surface area contributed by atoms with Crippen LogP contribution in [-0.4, -0.2) is 52.2 Å². The number of nitrogens with zero attached hydrogens (tertiary/aromatic N) is 4. The summed E-state index contributed by atoms with van der Waals surface area (Å²) >= 11 is 7.83. The van der Waals surface area contributed by atoms with E-state index >= 15 is 0 Å².